The van der Waals surface area contributed by atoms with Gasteiger partial charge >= 0.3 is 6.09 Å². The maximum atomic E-state index is 13.7. The van der Waals surface area contributed by atoms with Gasteiger partial charge in [0.1, 0.15) is 17.6 Å². The molecule has 0 bridgehead atoms. The maximum Gasteiger partial charge on any atom is 0.414 e. The number of nitrogens with zero attached hydrogens (tertiary/aromatic N) is 4. The first-order chi connectivity index (χ1) is 12.6. The minimum Gasteiger partial charge on any atom is -0.442 e. The highest BCUT2D eigenvalue weighted by molar-refractivity contribution is 14.1. The topological polar surface area (TPSA) is 69.5 Å². The standard InChI is InChI=1S/C17H20FIN4O3/c1-2-3-6-25-11-12-8-22(21-20-12)9-14-10-23(17(24)26-14)13-4-5-16(19)15(18)7-13/h4-5,7-8,14H,2-3,6,9-11H2,1H3/t14-/m0/s1. The van der Waals surface area contributed by atoms with Gasteiger partial charge < -0.3 is 9.47 Å². The Morgan fingerprint density at radius 2 is 2.31 bits per heavy atom. The van der Waals surface area contributed by atoms with Crippen LogP contribution in [0.15, 0.2) is 24.4 Å². The van der Waals surface area contributed by atoms with Crippen LogP contribution in [-0.2, 0) is 22.6 Å². The molecule has 1 amide bonds. The molecule has 9 heteroatoms. The van der Waals surface area contributed by atoms with Crippen LogP contribution in [0.25, 0.3) is 0 Å². The van der Waals surface area contributed by atoms with Gasteiger partial charge in [-0.15, -0.1) is 5.10 Å². The van der Waals surface area contributed by atoms with Crippen molar-refractivity contribution in [1.82, 2.24) is 15.0 Å². The molecule has 0 saturated carbocycles. The van der Waals surface area contributed by atoms with Crippen LogP contribution in [0.3, 0.4) is 0 Å². The van der Waals surface area contributed by atoms with Crippen molar-refractivity contribution in [2.75, 3.05) is 18.1 Å². The number of carbonyl (C=O) groups is 1. The van der Waals surface area contributed by atoms with Crippen molar-refractivity contribution in [3.63, 3.8) is 0 Å². The van der Waals surface area contributed by atoms with E-state index in [1.54, 1.807) is 23.0 Å². The third-order valence-corrected chi connectivity index (χ3v) is 4.83. The fourth-order valence-corrected chi connectivity index (χ4v) is 2.94. The Balaban J connectivity index is 1.56. The van der Waals surface area contributed by atoms with Crippen LogP contribution in [0.5, 0.6) is 0 Å². The van der Waals surface area contributed by atoms with Crippen molar-refractivity contribution in [1.29, 1.82) is 0 Å². The minimum atomic E-state index is -0.487. The summed E-state index contributed by atoms with van der Waals surface area (Å²) in [5.41, 5.74) is 1.22. The molecule has 26 heavy (non-hydrogen) atoms. The van der Waals surface area contributed by atoms with E-state index in [1.807, 2.05) is 22.6 Å². The molecule has 1 aliphatic heterocycles. The van der Waals surface area contributed by atoms with Gasteiger partial charge in [-0.05, 0) is 47.2 Å². The summed E-state index contributed by atoms with van der Waals surface area (Å²) in [6.07, 6.45) is 3.02. The molecule has 2 heterocycles. The molecule has 1 aromatic carbocycles. The third kappa shape index (κ3) is 4.70. The van der Waals surface area contributed by atoms with Gasteiger partial charge in [0.15, 0.2) is 0 Å². The van der Waals surface area contributed by atoms with Crippen molar-refractivity contribution < 1.29 is 18.7 Å². The minimum absolute atomic E-state index is 0.334. The summed E-state index contributed by atoms with van der Waals surface area (Å²) in [7, 11) is 0. The van der Waals surface area contributed by atoms with E-state index in [4.69, 9.17) is 9.47 Å². The zero-order chi connectivity index (χ0) is 18.5. The largest absolute Gasteiger partial charge is 0.442 e. The fraction of sp³-hybridized carbons (Fsp3) is 0.471. The smallest absolute Gasteiger partial charge is 0.414 e. The number of ether oxygens (including phenoxy) is 2. The van der Waals surface area contributed by atoms with Gasteiger partial charge in [0.25, 0.3) is 0 Å². The number of aromatic nitrogens is 3. The van der Waals surface area contributed by atoms with Crippen LogP contribution >= 0.6 is 22.6 Å². The first-order valence-corrected chi connectivity index (χ1v) is 9.54. The summed E-state index contributed by atoms with van der Waals surface area (Å²) in [5.74, 6) is -0.358. The fourth-order valence-electron chi connectivity index (χ4n) is 2.61. The van der Waals surface area contributed by atoms with Crippen LogP contribution < -0.4 is 4.90 Å². The Morgan fingerprint density at radius 3 is 3.08 bits per heavy atom. The van der Waals surface area contributed by atoms with Crippen LogP contribution in [0, 0.1) is 9.39 Å². The van der Waals surface area contributed by atoms with Gasteiger partial charge in [-0.3, -0.25) is 4.90 Å². The number of cyclic esters (lactones) is 1. The van der Waals surface area contributed by atoms with E-state index in [0.29, 0.717) is 35.6 Å². The van der Waals surface area contributed by atoms with E-state index in [2.05, 4.69) is 17.2 Å². The zero-order valence-corrected chi connectivity index (χ0v) is 16.6. The third-order valence-electron chi connectivity index (χ3n) is 3.96. The predicted octanol–water partition coefficient (Wildman–Crippen LogP) is 3.36. The summed E-state index contributed by atoms with van der Waals surface area (Å²) >= 11 is 1.91. The molecule has 1 aromatic heterocycles. The van der Waals surface area contributed by atoms with Crippen molar-refractivity contribution in [2.24, 2.45) is 0 Å². The Hall–Kier alpha value is -1.75. The highest BCUT2D eigenvalue weighted by Gasteiger charge is 2.33. The molecule has 140 valence electrons. The second-order valence-electron chi connectivity index (χ2n) is 6.05. The lowest BCUT2D eigenvalue weighted by molar-refractivity contribution is 0.115. The maximum absolute atomic E-state index is 13.7. The average molecular weight is 474 g/mol. The van der Waals surface area contributed by atoms with Gasteiger partial charge in [-0.25, -0.2) is 13.9 Å². The lowest BCUT2D eigenvalue weighted by atomic mass is 10.2. The molecular weight excluding hydrogens is 454 g/mol. The number of amides is 1. The Kier molecular flexibility index (Phi) is 6.41. The highest BCUT2D eigenvalue weighted by Crippen LogP contribution is 2.25. The van der Waals surface area contributed by atoms with Gasteiger partial charge in [0.2, 0.25) is 0 Å². The molecule has 1 saturated heterocycles. The second kappa shape index (κ2) is 8.76. The molecular formula is C17H20FIN4O3. The monoisotopic (exact) mass is 474 g/mol. The number of halogens is 2. The van der Waals surface area contributed by atoms with Crippen LogP contribution in [0.2, 0.25) is 0 Å². The molecule has 7 nitrogen and oxygen atoms in total. The van der Waals surface area contributed by atoms with Gasteiger partial charge in [0, 0.05) is 10.2 Å². The number of benzene rings is 1. The van der Waals surface area contributed by atoms with E-state index >= 15 is 0 Å². The molecule has 0 aliphatic carbocycles. The molecule has 2 aromatic rings. The lowest BCUT2D eigenvalue weighted by Crippen LogP contribution is -2.26. The molecule has 0 unspecified atom stereocenters. The van der Waals surface area contributed by atoms with E-state index in [1.165, 1.54) is 11.0 Å². The van der Waals surface area contributed by atoms with Crippen molar-refractivity contribution in [3.05, 3.63) is 39.5 Å². The number of carbonyl (C=O) groups excluding carboxylic acids is 1. The molecule has 1 fully saturated rings. The molecule has 1 aliphatic rings. The highest BCUT2D eigenvalue weighted by atomic mass is 127. The lowest BCUT2D eigenvalue weighted by Gasteiger charge is -2.13. The SMILES string of the molecule is CCCCOCc1cn(C[C@H]2CN(c3ccc(I)c(F)c3)C(=O)O2)nn1. The van der Waals surface area contributed by atoms with Gasteiger partial charge in [-0.1, -0.05) is 18.6 Å². The van der Waals surface area contributed by atoms with Crippen LogP contribution in [0.4, 0.5) is 14.9 Å². The summed E-state index contributed by atoms with van der Waals surface area (Å²) in [4.78, 5) is 13.5. The van der Waals surface area contributed by atoms with Crippen molar-refractivity contribution in [2.45, 2.75) is 39.0 Å². The summed E-state index contributed by atoms with van der Waals surface area (Å²) in [6.45, 7) is 3.94. The number of unbranched alkanes of at least 4 members (excludes halogenated alkanes) is 1. The van der Waals surface area contributed by atoms with Crippen molar-refractivity contribution in [3.8, 4) is 0 Å². The van der Waals surface area contributed by atoms with Gasteiger partial charge in [-0.2, -0.15) is 0 Å². The Morgan fingerprint density at radius 1 is 1.46 bits per heavy atom. The van der Waals surface area contributed by atoms with E-state index in [0.717, 1.165) is 18.5 Å². The number of rotatable bonds is 8. The summed E-state index contributed by atoms with van der Waals surface area (Å²) in [6, 6.07) is 4.68. The Bertz CT molecular complexity index is 770. The van der Waals surface area contributed by atoms with Crippen LogP contribution in [-0.4, -0.2) is 40.3 Å². The zero-order valence-electron chi connectivity index (χ0n) is 14.4. The van der Waals surface area contributed by atoms with Gasteiger partial charge in [0.05, 0.1) is 31.6 Å². The number of hydrogen-bond acceptors (Lipinski definition) is 5. The molecule has 0 radical (unpaired) electrons. The second-order valence-corrected chi connectivity index (χ2v) is 7.22. The molecule has 1 atom stereocenters. The molecule has 3 rings (SSSR count). The summed E-state index contributed by atoms with van der Waals surface area (Å²) in [5, 5.41) is 8.10. The van der Waals surface area contributed by atoms with Crippen molar-refractivity contribution >= 4 is 34.4 Å². The summed E-state index contributed by atoms with van der Waals surface area (Å²) < 4.78 is 26.8. The first kappa shape index (κ1) is 19.0. The molecule has 0 spiro atoms. The Labute approximate surface area is 164 Å². The van der Waals surface area contributed by atoms with E-state index in [-0.39, 0.29) is 11.9 Å². The van der Waals surface area contributed by atoms with E-state index < -0.39 is 6.09 Å². The number of hydrogen-bond donors (Lipinski definition) is 0. The molecule has 0 N–H and O–H groups in total. The first-order valence-electron chi connectivity index (χ1n) is 8.46. The van der Waals surface area contributed by atoms with Crippen LogP contribution in [0.1, 0.15) is 25.5 Å². The number of anilines is 1. The quantitative estimate of drug-likeness (QED) is 0.434. The van der Waals surface area contributed by atoms with E-state index in [9.17, 15) is 9.18 Å². The normalized spacial score (nSPS) is 17.0. The average Bonchev–Trinajstić information content (AvgIpc) is 3.21. The predicted molar refractivity (Wildman–Crippen MR) is 101 cm³/mol.